The molecule has 1 N–H and O–H groups in total. The standard InChI is InChI=1S/C13H16ClNO5S/c1-15(8-9-3-2-6-20-9)21(18,19)10-4-5-12(14)11(7-10)13(16)17/h4-5,7,9H,2-3,6,8H2,1H3,(H,16,17). The second-order valence-corrected chi connectivity index (χ2v) is 7.32. The highest BCUT2D eigenvalue weighted by molar-refractivity contribution is 7.89. The van der Waals surface area contributed by atoms with E-state index in [1.54, 1.807) is 0 Å². The Morgan fingerprint density at radius 1 is 1.52 bits per heavy atom. The van der Waals surface area contributed by atoms with Gasteiger partial charge in [-0.2, -0.15) is 4.31 Å². The summed E-state index contributed by atoms with van der Waals surface area (Å²) in [4.78, 5) is 10.9. The Morgan fingerprint density at radius 3 is 2.81 bits per heavy atom. The molecular weight excluding hydrogens is 318 g/mol. The van der Waals surface area contributed by atoms with E-state index in [-0.39, 0.29) is 28.1 Å². The van der Waals surface area contributed by atoms with Crippen molar-refractivity contribution in [3.63, 3.8) is 0 Å². The summed E-state index contributed by atoms with van der Waals surface area (Å²) in [6.45, 7) is 0.885. The summed E-state index contributed by atoms with van der Waals surface area (Å²) >= 11 is 5.75. The van der Waals surface area contributed by atoms with Gasteiger partial charge in [0.25, 0.3) is 0 Å². The lowest BCUT2D eigenvalue weighted by Crippen LogP contribution is -2.34. The van der Waals surface area contributed by atoms with Gasteiger partial charge in [0.15, 0.2) is 0 Å². The maximum Gasteiger partial charge on any atom is 0.337 e. The van der Waals surface area contributed by atoms with Crippen molar-refractivity contribution in [3.05, 3.63) is 28.8 Å². The SMILES string of the molecule is CN(CC1CCCO1)S(=O)(=O)c1ccc(Cl)c(C(=O)O)c1. The molecule has 0 saturated carbocycles. The van der Waals surface area contributed by atoms with Crippen LogP contribution in [0.2, 0.25) is 5.02 Å². The molecule has 1 aliphatic heterocycles. The fraction of sp³-hybridized carbons (Fsp3) is 0.462. The lowest BCUT2D eigenvalue weighted by molar-refractivity contribution is 0.0696. The zero-order valence-corrected chi connectivity index (χ0v) is 13.0. The minimum atomic E-state index is -3.77. The van der Waals surface area contributed by atoms with E-state index in [4.69, 9.17) is 21.4 Å². The van der Waals surface area contributed by atoms with E-state index in [9.17, 15) is 13.2 Å². The second kappa shape index (κ2) is 6.31. The predicted molar refractivity (Wildman–Crippen MR) is 77.2 cm³/mol. The van der Waals surface area contributed by atoms with Crippen molar-refractivity contribution in [2.75, 3.05) is 20.2 Å². The molecule has 8 heteroatoms. The van der Waals surface area contributed by atoms with Crippen molar-refractivity contribution < 1.29 is 23.1 Å². The number of carboxylic acid groups (broad SMARTS) is 1. The highest BCUT2D eigenvalue weighted by atomic mass is 35.5. The smallest absolute Gasteiger partial charge is 0.337 e. The summed E-state index contributed by atoms with van der Waals surface area (Å²) in [5.74, 6) is -1.26. The molecule has 0 spiro atoms. The monoisotopic (exact) mass is 333 g/mol. The van der Waals surface area contributed by atoms with Gasteiger partial charge in [0.1, 0.15) is 0 Å². The fourth-order valence-corrected chi connectivity index (χ4v) is 3.61. The number of ether oxygens (including phenoxy) is 1. The van der Waals surface area contributed by atoms with E-state index in [1.165, 1.54) is 23.5 Å². The van der Waals surface area contributed by atoms with Crippen molar-refractivity contribution in [3.8, 4) is 0 Å². The van der Waals surface area contributed by atoms with Gasteiger partial charge in [-0.3, -0.25) is 0 Å². The molecule has 1 fully saturated rings. The van der Waals surface area contributed by atoms with E-state index in [0.29, 0.717) is 6.61 Å². The van der Waals surface area contributed by atoms with Gasteiger partial charge in [0.05, 0.1) is 21.6 Å². The number of likely N-dealkylation sites (N-methyl/N-ethyl adjacent to an activating group) is 1. The number of sulfonamides is 1. The first-order chi connectivity index (χ1) is 9.82. The zero-order valence-electron chi connectivity index (χ0n) is 11.5. The quantitative estimate of drug-likeness (QED) is 0.888. The molecule has 0 amide bonds. The Kier molecular flexibility index (Phi) is 4.88. The Morgan fingerprint density at radius 2 is 2.24 bits per heavy atom. The van der Waals surface area contributed by atoms with E-state index in [1.807, 2.05) is 0 Å². The maximum absolute atomic E-state index is 12.4. The first kappa shape index (κ1) is 16.2. The average molecular weight is 334 g/mol. The molecule has 1 aliphatic rings. The van der Waals surface area contributed by atoms with Crippen molar-refractivity contribution in [2.45, 2.75) is 23.8 Å². The number of nitrogens with zero attached hydrogens (tertiary/aromatic N) is 1. The fourth-order valence-electron chi connectivity index (χ4n) is 2.18. The molecule has 0 aromatic heterocycles. The molecule has 0 aliphatic carbocycles. The predicted octanol–water partition coefficient (Wildman–Crippen LogP) is 1.84. The molecule has 1 atom stereocenters. The molecular formula is C13H16ClNO5S. The van der Waals surface area contributed by atoms with Crippen molar-refractivity contribution in [1.29, 1.82) is 0 Å². The number of benzene rings is 1. The largest absolute Gasteiger partial charge is 0.478 e. The minimum Gasteiger partial charge on any atom is -0.478 e. The number of carbonyl (C=O) groups is 1. The Balaban J connectivity index is 2.26. The van der Waals surface area contributed by atoms with Gasteiger partial charge < -0.3 is 9.84 Å². The Bertz CT molecular complexity index is 640. The molecule has 1 aromatic carbocycles. The van der Waals surface area contributed by atoms with Crippen molar-refractivity contribution in [1.82, 2.24) is 4.31 Å². The highest BCUT2D eigenvalue weighted by Crippen LogP contribution is 2.23. The molecule has 6 nitrogen and oxygen atoms in total. The third kappa shape index (κ3) is 3.55. The molecule has 1 saturated heterocycles. The van der Waals surface area contributed by atoms with Crippen LogP contribution >= 0.6 is 11.6 Å². The lowest BCUT2D eigenvalue weighted by atomic mass is 10.2. The average Bonchev–Trinajstić information content (AvgIpc) is 2.91. The number of halogens is 1. The zero-order chi connectivity index (χ0) is 15.6. The molecule has 21 heavy (non-hydrogen) atoms. The summed E-state index contributed by atoms with van der Waals surface area (Å²) < 4.78 is 31.5. The maximum atomic E-state index is 12.4. The van der Waals surface area contributed by atoms with Crippen LogP contribution in [-0.2, 0) is 14.8 Å². The van der Waals surface area contributed by atoms with Crippen LogP contribution in [0.5, 0.6) is 0 Å². The van der Waals surface area contributed by atoms with E-state index in [2.05, 4.69) is 0 Å². The number of hydrogen-bond acceptors (Lipinski definition) is 4. The lowest BCUT2D eigenvalue weighted by Gasteiger charge is -2.20. The van der Waals surface area contributed by atoms with Gasteiger partial charge in [0.2, 0.25) is 10.0 Å². The highest BCUT2D eigenvalue weighted by Gasteiger charge is 2.27. The van der Waals surface area contributed by atoms with Gasteiger partial charge >= 0.3 is 5.97 Å². The Labute approximate surface area is 128 Å². The van der Waals surface area contributed by atoms with Crippen LogP contribution in [0.4, 0.5) is 0 Å². The number of carboxylic acids is 1. The molecule has 0 radical (unpaired) electrons. The molecule has 1 heterocycles. The van der Waals surface area contributed by atoms with Gasteiger partial charge in [-0.05, 0) is 31.0 Å². The number of aromatic carboxylic acids is 1. The first-order valence-electron chi connectivity index (χ1n) is 6.43. The normalized spacial score (nSPS) is 19.1. The summed E-state index contributed by atoms with van der Waals surface area (Å²) in [7, 11) is -2.32. The van der Waals surface area contributed by atoms with Crippen LogP contribution in [0.15, 0.2) is 23.1 Å². The van der Waals surface area contributed by atoms with Gasteiger partial charge in [-0.15, -0.1) is 0 Å². The topological polar surface area (TPSA) is 83.9 Å². The van der Waals surface area contributed by atoms with E-state index in [0.717, 1.165) is 18.9 Å². The molecule has 116 valence electrons. The summed E-state index contributed by atoms with van der Waals surface area (Å²) in [6.07, 6.45) is 1.62. The third-order valence-corrected chi connectivity index (χ3v) is 5.51. The molecule has 1 unspecified atom stereocenters. The van der Waals surface area contributed by atoms with Gasteiger partial charge in [0, 0.05) is 20.2 Å². The van der Waals surface area contributed by atoms with Crippen LogP contribution in [0.1, 0.15) is 23.2 Å². The molecule has 1 aromatic rings. The molecule has 0 bridgehead atoms. The summed E-state index contributed by atoms with van der Waals surface area (Å²) in [5.41, 5.74) is -0.233. The van der Waals surface area contributed by atoms with Crippen LogP contribution in [0.25, 0.3) is 0 Å². The van der Waals surface area contributed by atoms with Crippen molar-refractivity contribution >= 4 is 27.6 Å². The first-order valence-corrected chi connectivity index (χ1v) is 8.25. The van der Waals surface area contributed by atoms with E-state index < -0.39 is 16.0 Å². The van der Waals surface area contributed by atoms with Crippen LogP contribution < -0.4 is 0 Å². The van der Waals surface area contributed by atoms with Gasteiger partial charge in [-0.25, -0.2) is 13.2 Å². The van der Waals surface area contributed by atoms with Crippen molar-refractivity contribution in [2.24, 2.45) is 0 Å². The Hall–Kier alpha value is -1.15. The number of hydrogen-bond donors (Lipinski definition) is 1. The number of rotatable bonds is 5. The molecule has 2 rings (SSSR count). The van der Waals surface area contributed by atoms with Crippen LogP contribution in [0.3, 0.4) is 0 Å². The van der Waals surface area contributed by atoms with Crippen LogP contribution in [-0.4, -0.2) is 50.1 Å². The summed E-state index contributed by atoms with van der Waals surface area (Å²) in [5, 5.41) is 9.01. The summed E-state index contributed by atoms with van der Waals surface area (Å²) in [6, 6.07) is 3.65. The second-order valence-electron chi connectivity index (χ2n) is 4.87. The minimum absolute atomic E-state index is 0.00299. The van der Waals surface area contributed by atoms with E-state index >= 15 is 0 Å². The van der Waals surface area contributed by atoms with Gasteiger partial charge in [-0.1, -0.05) is 11.6 Å². The third-order valence-electron chi connectivity index (χ3n) is 3.36. The van der Waals surface area contributed by atoms with Crippen LogP contribution in [0, 0.1) is 0 Å².